The quantitative estimate of drug-likeness (QED) is 0.638. The molecule has 0 aliphatic carbocycles. The van der Waals surface area contributed by atoms with Crippen LogP contribution in [0.5, 0.6) is 0 Å². The van der Waals surface area contributed by atoms with Crippen molar-refractivity contribution in [3.63, 3.8) is 0 Å². The molecule has 1 rings (SSSR count). The molecule has 3 heteroatoms. The molecule has 0 N–H and O–H groups in total. The highest BCUT2D eigenvalue weighted by atomic mass is 28.3. The predicted molar refractivity (Wildman–Crippen MR) is 80.3 cm³/mol. The molecule has 0 aliphatic heterocycles. The van der Waals surface area contributed by atoms with Crippen LogP contribution in [-0.4, -0.2) is 28.5 Å². The highest BCUT2D eigenvalue weighted by Crippen LogP contribution is 2.11. The molecule has 0 fully saturated rings. The Morgan fingerprint density at radius 3 is 2.72 bits per heavy atom. The summed E-state index contributed by atoms with van der Waals surface area (Å²) in [6.07, 6.45) is 3.69. The number of hydrogen-bond acceptors (Lipinski definition) is 2. The maximum atomic E-state index is 5.98. The Hall–Kier alpha value is -0.903. The molecule has 1 atom stereocenters. The number of benzene rings is 1. The van der Waals surface area contributed by atoms with Crippen molar-refractivity contribution >= 4 is 15.1 Å². The summed E-state index contributed by atoms with van der Waals surface area (Å²) in [7, 11) is -1.14. The van der Waals surface area contributed by atoms with Crippen LogP contribution >= 0.6 is 0 Å². The van der Waals surface area contributed by atoms with Gasteiger partial charge in [0.15, 0.2) is 0 Å². The van der Waals surface area contributed by atoms with E-state index in [-0.39, 0.29) is 0 Å². The highest BCUT2D eigenvalue weighted by Gasteiger charge is 2.09. The molecule has 0 saturated heterocycles. The van der Waals surface area contributed by atoms with Gasteiger partial charge in [-0.05, 0) is 30.5 Å². The Labute approximate surface area is 112 Å². The third kappa shape index (κ3) is 5.17. The zero-order valence-corrected chi connectivity index (χ0v) is 12.7. The van der Waals surface area contributed by atoms with Gasteiger partial charge < -0.3 is 9.16 Å². The van der Waals surface area contributed by atoms with E-state index in [0.29, 0.717) is 0 Å². The maximum Gasteiger partial charge on any atom is 0.201 e. The van der Waals surface area contributed by atoms with Crippen LogP contribution in [0.1, 0.15) is 25.0 Å². The first-order chi connectivity index (χ1) is 8.81. The van der Waals surface area contributed by atoms with E-state index >= 15 is 0 Å². The molecule has 0 radical (unpaired) electrons. The third-order valence-corrected chi connectivity index (χ3v) is 5.19. The van der Waals surface area contributed by atoms with Crippen molar-refractivity contribution in [3.8, 4) is 0 Å². The molecule has 100 valence electrons. The van der Waals surface area contributed by atoms with Crippen LogP contribution in [0.2, 0.25) is 6.04 Å². The zero-order valence-electron chi connectivity index (χ0n) is 11.5. The van der Waals surface area contributed by atoms with Crippen LogP contribution < -0.4 is 0 Å². The minimum atomic E-state index is -1.14. The average Bonchev–Trinajstić information content (AvgIpc) is 2.43. The molecular weight excluding hydrogens is 240 g/mol. The zero-order chi connectivity index (χ0) is 13.2. The first-order valence-electron chi connectivity index (χ1n) is 6.71. The van der Waals surface area contributed by atoms with E-state index in [2.05, 4.69) is 31.7 Å². The van der Waals surface area contributed by atoms with Crippen LogP contribution in [0.25, 0.3) is 6.08 Å². The molecule has 2 nitrogen and oxygen atoms in total. The molecule has 0 amide bonds. The highest BCUT2D eigenvalue weighted by molar-refractivity contribution is 6.51. The van der Waals surface area contributed by atoms with Crippen LogP contribution in [-0.2, 0) is 15.6 Å². The fourth-order valence-electron chi connectivity index (χ4n) is 1.83. The van der Waals surface area contributed by atoms with E-state index < -0.39 is 9.04 Å². The fraction of sp³-hybridized carbons (Fsp3) is 0.467. The monoisotopic (exact) mass is 264 g/mol. The molecule has 1 aromatic rings. The third-order valence-electron chi connectivity index (χ3n) is 2.96. The normalized spacial score (nSPS) is 12.3. The van der Waals surface area contributed by atoms with Gasteiger partial charge in [0.1, 0.15) is 0 Å². The molecule has 1 aromatic carbocycles. The minimum absolute atomic E-state index is 0.784. The van der Waals surface area contributed by atoms with Crippen molar-refractivity contribution < 1.29 is 9.16 Å². The van der Waals surface area contributed by atoms with Crippen LogP contribution in [0.4, 0.5) is 0 Å². The van der Waals surface area contributed by atoms with Gasteiger partial charge in [-0.25, -0.2) is 0 Å². The second-order valence-corrected chi connectivity index (χ2v) is 6.94. The maximum absolute atomic E-state index is 5.98. The second-order valence-electron chi connectivity index (χ2n) is 4.21. The standard InChI is InChI=1S/C15H24O2Si/c1-4-14-9-7-8-10-15(14)11-12-17-18(6-3)13-16-5-2/h4,7-10,18H,1,5-6,11-13H2,2-3H3. The lowest BCUT2D eigenvalue weighted by molar-refractivity contribution is 0.171. The molecule has 18 heavy (non-hydrogen) atoms. The van der Waals surface area contributed by atoms with E-state index in [1.54, 1.807) is 0 Å². The Bertz CT molecular complexity index is 352. The van der Waals surface area contributed by atoms with E-state index in [9.17, 15) is 0 Å². The number of rotatable bonds is 9. The van der Waals surface area contributed by atoms with Gasteiger partial charge in [0.05, 0.1) is 6.23 Å². The first kappa shape index (κ1) is 15.2. The lowest BCUT2D eigenvalue weighted by atomic mass is 10.1. The first-order valence-corrected chi connectivity index (χ1v) is 8.81. The molecule has 0 aliphatic rings. The van der Waals surface area contributed by atoms with Crippen molar-refractivity contribution in [2.75, 3.05) is 19.4 Å². The lowest BCUT2D eigenvalue weighted by Gasteiger charge is -2.14. The lowest BCUT2D eigenvalue weighted by Crippen LogP contribution is -2.25. The van der Waals surface area contributed by atoms with Crippen LogP contribution in [0.15, 0.2) is 30.8 Å². The van der Waals surface area contributed by atoms with E-state index in [1.165, 1.54) is 11.1 Å². The van der Waals surface area contributed by atoms with Gasteiger partial charge >= 0.3 is 0 Å². The summed E-state index contributed by atoms with van der Waals surface area (Å²) in [5.74, 6) is 0. The summed E-state index contributed by atoms with van der Waals surface area (Å²) in [5.41, 5.74) is 2.52. The van der Waals surface area contributed by atoms with Gasteiger partial charge in [0.2, 0.25) is 9.04 Å². The summed E-state index contributed by atoms with van der Waals surface area (Å²) in [4.78, 5) is 0. The number of hydrogen-bond donors (Lipinski definition) is 0. The van der Waals surface area contributed by atoms with Crippen LogP contribution in [0, 0.1) is 0 Å². The predicted octanol–water partition coefficient (Wildman–Crippen LogP) is 3.21. The van der Waals surface area contributed by atoms with E-state index in [0.717, 1.165) is 31.9 Å². The molecule has 1 unspecified atom stereocenters. The smallest absolute Gasteiger partial charge is 0.201 e. The molecule has 0 saturated carbocycles. The van der Waals surface area contributed by atoms with Gasteiger partial charge in [-0.15, -0.1) is 0 Å². The van der Waals surface area contributed by atoms with Crippen molar-refractivity contribution in [1.82, 2.24) is 0 Å². The van der Waals surface area contributed by atoms with Crippen LogP contribution in [0.3, 0.4) is 0 Å². The molecule has 0 aromatic heterocycles. The summed E-state index contributed by atoms with van der Waals surface area (Å²) in [5, 5.41) is 0. The van der Waals surface area contributed by atoms with Gasteiger partial charge in [-0.1, -0.05) is 43.8 Å². The Morgan fingerprint density at radius 1 is 1.28 bits per heavy atom. The number of ether oxygens (including phenoxy) is 1. The summed E-state index contributed by atoms with van der Waals surface area (Å²) in [6.45, 7) is 9.63. The molecule has 0 spiro atoms. The van der Waals surface area contributed by atoms with Gasteiger partial charge in [-0.3, -0.25) is 0 Å². The van der Waals surface area contributed by atoms with Gasteiger partial charge in [0.25, 0.3) is 0 Å². The van der Waals surface area contributed by atoms with Crippen molar-refractivity contribution in [1.29, 1.82) is 0 Å². The molecule has 0 heterocycles. The summed E-state index contributed by atoms with van der Waals surface area (Å²) >= 11 is 0. The molecule has 0 bridgehead atoms. The minimum Gasteiger partial charge on any atom is -0.417 e. The molecular formula is C15H24O2Si. The second kappa shape index (κ2) is 9.08. The largest absolute Gasteiger partial charge is 0.417 e. The Balaban J connectivity index is 2.37. The topological polar surface area (TPSA) is 18.5 Å². The van der Waals surface area contributed by atoms with Crippen molar-refractivity contribution in [2.45, 2.75) is 26.3 Å². The van der Waals surface area contributed by atoms with E-state index in [4.69, 9.17) is 9.16 Å². The van der Waals surface area contributed by atoms with E-state index in [1.807, 2.05) is 19.1 Å². The van der Waals surface area contributed by atoms with Crippen molar-refractivity contribution in [3.05, 3.63) is 42.0 Å². The Morgan fingerprint density at radius 2 is 2.06 bits per heavy atom. The summed E-state index contributed by atoms with van der Waals surface area (Å²) in [6, 6.07) is 9.48. The fourth-order valence-corrected chi connectivity index (χ4v) is 3.35. The SMILES string of the molecule is C=Cc1ccccc1CCO[SiH](CC)COCC. The average molecular weight is 264 g/mol. The van der Waals surface area contributed by atoms with Gasteiger partial charge in [-0.2, -0.15) is 0 Å². The van der Waals surface area contributed by atoms with Gasteiger partial charge in [0, 0.05) is 13.2 Å². The summed E-state index contributed by atoms with van der Waals surface area (Å²) < 4.78 is 11.4. The van der Waals surface area contributed by atoms with Crippen molar-refractivity contribution in [2.24, 2.45) is 0 Å². The Kier molecular flexibility index (Phi) is 7.65.